The van der Waals surface area contributed by atoms with E-state index in [0.717, 1.165) is 5.75 Å². The van der Waals surface area contributed by atoms with Gasteiger partial charge in [0.1, 0.15) is 0 Å². The van der Waals surface area contributed by atoms with Crippen LogP contribution in [0.3, 0.4) is 0 Å². The van der Waals surface area contributed by atoms with E-state index in [1.165, 1.54) is 10.5 Å². The molecule has 1 atom stereocenters. The lowest BCUT2D eigenvalue weighted by Crippen LogP contribution is -2.22. The van der Waals surface area contributed by atoms with Crippen molar-refractivity contribution in [3.8, 4) is 0 Å². The minimum atomic E-state index is 0.102. The maximum Gasteiger partial charge on any atom is 0.0628 e. The van der Waals surface area contributed by atoms with Crippen molar-refractivity contribution in [2.75, 3.05) is 26.5 Å². The van der Waals surface area contributed by atoms with Crippen LogP contribution in [-0.4, -0.2) is 36.5 Å². The number of benzene rings is 1. The second-order valence-electron chi connectivity index (χ2n) is 3.66. The summed E-state index contributed by atoms with van der Waals surface area (Å²) in [5.74, 6) is 1.09. The molecule has 0 aliphatic carbocycles. The van der Waals surface area contributed by atoms with Crippen molar-refractivity contribution >= 4 is 11.8 Å². The van der Waals surface area contributed by atoms with Crippen LogP contribution in [0, 0.1) is 0 Å². The van der Waals surface area contributed by atoms with Gasteiger partial charge in [-0.2, -0.15) is 0 Å². The van der Waals surface area contributed by atoms with Gasteiger partial charge in [-0.15, -0.1) is 11.8 Å². The molecular formula is C12H19NOS. The quantitative estimate of drug-likeness (QED) is 0.778. The Morgan fingerprint density at radius 3 is 2.27 bits per heavy atom. The Labute approximate surface area is 96.3 Å². The largest absolute Gasteiger partial charge is 0.394 e. The molecule has 0 saturated heterocycles. The number of thioether (sulfide) groups is 1. The molecule has 0 heterocycles. The average molecular weight is 225 g/mol. The lowest BCUT2D eigenvalue weighted by atomic mass is 10.1. The first kappa shape index (κ1) is 12.6. The van der Waals surface area contributed by atoms with Gasteiger partial charge in [-0.25, -0.2) is 0 Å². The summed E-state index contributed by atoms with van der Waals surface area (Å²) in [6, 6.07) is 8.54. The van der Waals surface area contributed by atoms with E-state index in [4.69, 9.17) is 0 Å². The van der Waals surface area contributed by atoms with Gasteiger partial charge in [-0.05, 0) is 37.5 Å². The van der Waals surface area contributed by atoms with Crippen LogP contribution >= 0.6 is 11.8 Å². The number of hydrogen-bond acceptors (Lipinski definition) is 3. The van der Waals surface area contributed by atoms with Crippen LogP contribution in [0.15, 0.2) is 29.2 Å². The molecule has 0 bridgehead atoms. The molecule has 1 aromatic rings. The fourth-order valence-electron chi connectivity index (χ4n) is 1.52. The molecule has 0 fully saturated rings. The van der Waals surface area contributed by atoms with Crippen LogP contribution < -0.4 is 0 Å². The van der Waals surface area contributed by atoms with Gasteiger partial charge in [0, 0.05) is 4.90 Å². The van der Waals surface area contributed by atoms with Gasteiger partial charge in [0.15, 0.2) is 0 Å². The second kappa shape index (κ2) is 6.16. The van der Waals surface area contributed by atoms with Gasteiger partial charge in [0.25, 0.3) is 0 Å². The normalized spacial score (nSPS) is 13.1. The first-order chi connectivity index (χ1) is 7.19. The van der Waals surface area contributed by atoms with E-state index < -0.39 is 0 Å². The maximum absolute atomic E-state index is 9.28. The second-order valence-corrected chi connectivity index (χ2v) is 5.00. The number of rotatable bonds is 5. The Morgan fingerprint density at radius 2 is 1.87 bits per heavy atom. The van der Waals surface area contributed by atoms with E-state index in [1.54, 1.807) is 0 Å². The smallest absolute Gasteiger partial charge is 0.0628 e. The third kappa shape index (κ3) is 3.52. The number of likely N-dealkylation sites (N-methyl/N-ethyl adjacent to an activating group) is 1. The number of aliphatic hydroxyl groups is 1. The molecule has 1 unspecified atom stereocenters. The molecule has 0 saturated carbocycles. The predicted octanol–water partition coefficient (Wildman–Crippen LogP) is 2.39. The van der Waals surface area contributed by atoms with Crippen LogP contribution in [0.2, 0.25) is 0 Å². The summed E-state index contributed by atoms with van der Waals surface area (Å²) in [5, 5.41) is 9.28. The summed E-state index contributed by atoms with van der Waals surface area (Å²) in [5.41, 5.74) is 1.17. The van der Waals surface area contributed by atoms with Crippen molar-refractivity contribution in [2.24, 2.45) is 0 Å². The van der Waals surface area contributed by atoms with Crippen molar-refractivity contribution < 1.29 is 5.11 Å². The summed E-state index contributed by atoms with van der Waals surface area (Å²) in [4.78, 5) is 3.32. The zero-order valence-electron chi connectivity index (χ0n) is 9.60. The van der Waals surface area contributed by atoms with Gasteiger partial charge in [0.05, 0.1) is 12.6 Å². The number of nitrogens with zero attached hydrogens (tertiary/aromatic N) is 1. The highest BCUT2D eigenvalue weighted by Crippen LogP contribution is 2.22. The maximum atomic E-state index is 9.28. The highest BCUT2D eigenvalue weighted by atomic mass is 32.2. The molecule has 0 spiro atoms. The zero-order chi connectivity index (χ0) is 11.3. The molecule has 1 N–H and O–H groups in total. The Balaban J connectivity index is 2.77. The Morgan fingerprint density at radius 1 is 1.27 bits per heavy atom. The molecule has 0 radical (unpaired) electrons. The summed E-state index contributed by atoms with van der Waals surface area (Å²) in [6.45, 7) is 2.31. The number of aliphatic hydroxyl groups excluding tert-OH is 1. The molecule has 0 aromatic heterocycles. The van der Waals surface area contributed by atoms with E-state index >= 15 is 0 Å². The minimum Gasteiger partial charge on any atom is -0.394 e. The van der Waals surface area contributed by atoms with Gasteiger partial charge < -0.3 is 10.0 Å². The molecule has 0 aliphatic rings. The lowest BCUT2D eigenvalue weighted by molar-refractivity contribution is 0.171. The summed E-state index contributed by atoms with van der Waals surface area (Å²) >= 11 is 1.84. The van der Waals surface area contributed by atoms with Crippen molar-refractivity contribution in [1.29, 1.82) is 0 Å². The summed E-state index contributed by atoms with van der Waals surface area (Å²) in [6.07, 6.45) is 0. The van der Waals surface area contributed by atoms with Crippen molar-refractivity contribution in [2.45, 2.75) is 17.9 Å². The Kier molecular flexibility index (Phi) is 5.15. The molecule has 15 heavy (non-hydrogen) atoms. The third-order valence-corrected chi connectivity index (χ3v) is 3.27. The first-order valence-corrected chi connectivity index (χ1v) is 6.17. The molecule has 1 aromatic carbocycles. The van der Waals surface area contributed by atoms with Crippen molar-refractivity contribution in [3.63, 3.8) is 0 Å². The van der Waals surface area contributed by atoms with Crippen LogP contribution in [0.1, 0.15) is 18.5 Å². The van der Waals surface area contributed by atoms with E-state index in [0.29, 0.717) is 0 Å². The van der Waals surface area contributed by atoms with Crippen LogP contribution in [0.25, 0.3) is 0 Å². The van der Waals surface area contributed by atoms with Gasteiger partial charge >= 0.3 is 0 Å². The summed E-state index contributed by atoms with van der Waals surface area (Å²) < 4.78 is 0. The van der Waals surface area contributed by atoms with Crippen LogP contribution in [0.4, 0.5) is 0 Å². The monoisotopic (exact) mass is 225 g/mol. The third-order valence-electron chi connectivity index (χ3n) is 2.37. The SMILES string of the molecule is CCSc1ccc(C(CO)N(C)C)cc1. The van der Waals surface area contributed by atoms with Gasteiger partial charge in [-0.3, -0.25) is 0 Å². The average Bonchev–Trinajstić information content (AvgIpc) is 2.21. The van der Waals surface area contributed by atoms with Gasteiger partial charge in [0.2, 0.25) is 0 Å². The van der Waals surface area contributed by atoms with E-state index in [2.05, 4.69) is 31.2 Å². The summed E-state index contributed by atoms with van der Waals surface area (Å²) in [7, 11) is 3.96. The molecule has 84 valence electrons. The molecule has 1 rings (SSSR count). The zero-order valence-corrected chi connectivity index (χ0v) is 10.4. The predicted molar refractivity (Wildman–Crippen MR) is 66.4 cm³/mol. The molecule has 0 aliphatic heterocycles. The fourth-order valence-corrected chi connectivity index (χ4v) is 2.18. The molecule has 0 amide bonds. The van der Waals surface area contributed by atoms with Gasteiger partial charge in [-0.1, -0.05) is 19.1 Å². The highest BCUT2D eigenvalue weighted by Gasteiger charge is 2.11. The van der Waals surface area contributed by atoms with Crippen molar-refractivity contribution in [1.82, 2.24) is 4.90 Å². The minimum absolute atomic E-state index is 0.102. The first-order valence-electron chi connectivity index (χ1n) is 5.19. The van der Waals surface area contributed by atoms with Crippen LogP contribution in [0.5, 0.6) is 0 Å². The number of hydrogen-bond donors (Lipinski definition) is 1. The lowest BCUT2D eigenvalue weighted by Gasteiger charge is -2.22. The fraction of sp³-hybridized carbons (Fsp3) is 0.500. The Hall–Kier alpha value is -0.510. The van der Waals surface area contributed by atoms with Crippen molar-refractivity contribution in [3.05, 3.63) is 29.8 Å². The van der Waals surface area contributed by atoms with E-state index in [1.807, 2.05) is 30.8 Å². The van der Waals surface area contributed by atoms with Crippen LogP contribution in [-0.2, 0) is 0 Å². The molecule has 2 nitrogen and oxygen atoms in total. The standard InChI is InChI=1S/C12H19NOS/c1-4-15-11-7-5-10(6-8-11)12(9-14)13(2)3/h5-8,12,14H,4,9H2,1-3H3. The Bertz CT molecular complexity index is 284. The van der Waals surface area contributed by atoms with E-state index in [-0.39, 0.29) is 12.6 Å². The molecule has 3 heteroatoms. The topological polar surface area (TPSA) is 23.5 Å². The highest BCUT2D eigenvalue weighted by molar-refractivity contribution is 7.99. The van der Waals surface area contributed by atoms with E-state index in [9.17, 15) is 5.11 Å². The molecular weight excluding hydrogens is 206 g/mol.